The van der Waals surface area contributed by atoms with Gasteiger partial charge in [-0.15, -0.1) is 0 Å². The van der Waals surface area contributed by atoms with Gasteiger partial charge in [0, 0.05) is 12.6 Å². The first-order valence-corrected chi connectivity index (χ1v) is 10.8. The molecule has 7 heteroatoms. The lowest BCUT2D eigenvalue weighted by molar-refractivity contribution is -0.143. The summed E-state index contributed by atoms with van der Waals surface area (Å²) in [6.45, 7) is 5.87. The molecule has 0 heterocycles. The monoisotopic (exact) mass is 450 g/mol. The molecule has 0 saturated carbocycles. The number of halogens is 2. The number of nitrogens with one attached hydrogen (secondary N) is 1. The number of para-hydroxylation sites is 1. The molecule has 0 unspecified atom stereocenters. The van der Waals surface area contributed by atoms with Gasteiger partial charge >= 0.3 is 0 Å². The third-order valence-corrected chi connectivity index (χ3v) is 5.57. The normalized spacial score (nSPS) is 12.7. The van der Waals surface area contributed by atoms with Crippen LogP contribution in [0.25, 0.3) is 0 Å². The molecule has 2 aromatic rings. The zero-order chi connectivity index (χ0) is 22.1. The molecule has 30 heavy (non-hydrogen) atoms. The van der Waals surface area contributed by atoms with E-state index in [2.05, 4.69) is 5.32 Å². The van der Waals surface area contributed by atoms with Gasteiger partial charge in [-0.1, -0.05) is 61.3 Å². The maximum atomic E-state index is 13.1. The molecule has 2 amide bonds. The van der Waals surface area contributed by atoms with Crippen LogP contribution < -0.4 is 10.1 Å². The number of carbonyl (C=O) groups is 2. The average Bonchev–Trinajstić information content (AvgIpc) is 2.75. The summed E-state index contributed by atoms with van der Waals surface area (Å²) in [6, 6.07) is 13.7. The minimum atomic E-state index is -0.625. The lowest BCUT2D eigenvalue weighted by Gasteiger charge is -2.31. The van der Waals surface area contributed by atoms with Crippen molar-refractivity contribution in [3.63, 3.8) is 0 Å². The van der Waals surface area contributed by atoms with Gasteiger partial charge in [-0.05, 0) is 49.6 Å². The third kappa shape index (κ3) is 6.92. The first-order chi connectivity index (χ1) is 14.3. The summed E-state index contributed by atoms with van der Waals surface area (Å²) in [6.07, 6.45) is 1.28. The summed E-state index contributed by atoms with van der Waals surface area (Å²) in [5.74, 6) is 0.133. The van der Waals surface area contributed by atoms with Crippen molar-refractivity contribution in [2.75, 3.05) is 6.61 Å². The Kier molecular flexibility index (Phi) is 9.47. The van der Waals surface area contributed by atoms with E-state index in [0.717, 1.165) is 12.0 Å². The van der Waals surface area contributed by atoms with E-state index in [4.69, 9.17) is 27.9 Å². The SMILES string of the molecule is CC[C@H](C)NC(=O)[C@H](CC)N(Cc1ccc(Cl)c(Cl)c1)C(=O)COc1ccccc1. The fraction of sp³-hybridized carbons (Fsp3) is 0.391. The Bertz CT molecular complexity index is 846. The van der Waals surface area contributed by atoms with Crippen molar-refractivity contribution < 1.29 is 14.3 Å². The van der Waals surface area contributed by atoms with Gasteiger partial charge in [-0.3, -0.25) is 9.59 Å². The second-order valence-electron chi connectivity index (χ2n) is 7.11. The number of hydrogen-bond donors (Lipinski definition) is 1. The van der Waals surface area contributed by atoms with Gasteiger partial charge in [-0.2, -0.15) is 0 Å². The Morgan fingerprint density at radius 2 is 1.73 bits per heavy atom. The number of ether oxygens (including phenoxy) is 1. The highest BCUT2D eigenvalue weighted by molar-refractivity contribution is 6.42. The van der Waals surface area contributed by atoms with E-state index in [1.54, 1.807) is 35.2 Å². The molecule has 0 fully saturated rings. The summed E-state index contributed by atoms with van der Waals surface area (Å²) < 4.78 is 5.64. The van der Waals surface area contributed by atoms with Gasteiger partial charge in [-0.25, -0.2) is 0 Å². The van der Waals surface area contributed by atoms with Crippen molar-refractivity contribution in [2.24, 2.45) is 0 Å². The molecule has 2 atom stereocenters. The molecule has 0 aromatic heterocycles. The van der Waals surface area contributed by atoms with E-state index < -0.39 is 6.04 Å². The van der Waals surface area contributed by atoms with Crippen molar-refractivity contribution in [2.45, 2.75) is 52.2 Å². The highest BCUT2D eigenvalue weighted by Gasteiger charge is 2.29. The van der Waals surface area contributed by atoms with Crippen LogP contribution in [-0.4, -0.2) is 35.4 Å². The average molecular weight is 451 g/mol. The number of hydrogen-bond acceptors (Lipinski definition) is 3. The van der Waals surface area contributed by atoms with Crippen LogP contribution in [0.4, 0.5) is 0 Å². The quantitative estimate of drug-likeness (QED) is 0.547. The van der Waals surface area contributed by atoms with Crippen LogP contribution >= 0.6 is 23.2 Å². The van der Waals surface area contributed by atoms with Crippen LogP contribution in [0.5, 0.6) is 5.75 Å². The topological polar surface area (TPSA) is 58.6 Å². The summed E-state index contributed by atoms with van der Waals surface area (Å²) in [5.41, 5.74) is 0.784. The standard InChI is InChI=1S/C23H28Cl2N2O3/c1-4-16(3)26-23(29)21(5-2)27(14-17-11-12-19(24)20(25)13-17)22(28)15-30-18-9-7-6-8-10-18/h6-13,16,21H,4-5,14-15H2,1-3H3,(H,26,29)/t16-,21-/m0/s1. The van der Waals surface area contributed by atoms with Crippen molar-refractivity contribution in [1.29, 1.82) is 0 Å². The molecule has 0 bridgehead atoms. The first-order valence-electron chi connectivity index (χ1n) is 10.1. The van der Waals surface area contributed by atoms with Crippen LogP contribution in [0, 0.1) is 0 Å². The lowest BCUT2D eigenvalue weighted by atomic mass is 10.1. The van der Waals surface area contributed by atoms with Crippen molar-refractivity contribution in [3.8, 4) is 5.75 Å². The summed E-state index contributed by atoms with van der Waals surface area (Å²) in [4.78, 5) is 27.5. The molecule has 0 radical (unpaired) electrons. The Labute approximate surface area is 188 Å². The van der Waals surface area contributed by atoms with Gasteiger partial charge in [0.05, 0.1) is 10.0 Å². The maximum absolute atomic E-state index is 13.1. The number of carbonyl (C=O) groups excluding carboxylic acids is 2. The lowest BCUT2D eigenvalue weighted by Crippen LogP contribution is -2.51. The molecule has 0 aliphatic heterocycles. The van der Waals surface area contributed by atoms with Crippen LogP contribution in [-0.2, 0) is 16.1 Å². The predicted molar refractivity (Wildman–Crippen MR) is 121 cm³/mol. The molecular formula is C23H28Cl2N2O3. The summed E-state index contributed by atoms with van der Waals surface area (Å²) in [7, 11) is 0. The van der Waals surface area contributed by atoms with E-state index in [-0.39, 0.29) is 31.0 Å². The van der Waals surface area contributed by atoms with Crippen LogP contribution in [0.1, 0.15) is 39.2 Å². The number of amides is 2. The highest BCUT2D eigenvalue weighted by Crippen LogP contribution is 2.24. The maximum Gasteiger partial charge on any atom is 0.261 e. The smallest absolute Gasteiger partial charge is 0.261 e. The van der Waals surface area contributed by atoms with E-state index >= 15 is 0 Å². The van der Waals surface area contributed by atoms with Gasteiger partial charge in [0.2, 0.25) is 5.91 Å². The number of rotatable bonds is 10. The Morgan fingerprint density at radius 1 is 1.03 bits per heavy atom. The van der Waals surface area contributed by atoms with Gasteiger partial charge < -0.3 is 15.0 Å². The molecular weight excluding hydrogens is 423 g/mol. The minimum absolute atomic E-state index is 0.0223. The van der Waals surface area contributed by atoms with Crippen LogP contribution in [0.2, 0.25) is 10.0 Å². The molecule has 0 saturated heterocycles. The zero-order valence-corrected chi connectivity index (χ0v) is 19.0. The molecule has 2 aromatic carbocycles. The third-order valence-electron chi connectivity index (χ3n) is 4.83. The highest BCUT2D eigenvalue weighted by atomic mass is 35.5. The number of nitrogens with zero attached hydrogens (tertiary/aromatic N) is 1. The Hall–Kier alpha value is -2.24. The first kappa shape index (κ1) is 24.0. The predicted octanol–water partition coefficient (Wildman–Crippen LogP) is 5.09. The molecule has 0 aliphatic rings. The van der Waals surface area contributed by atoms with E-state index in [0.29, 0.717) is 22.2 Å². The fourth-order valence-electron chi connectivity index (χ4n) is 2.94. The van der Waals surface area contributed by atoms with Crippen molar-refractivity contribution in [1.82, 2.24) is 10.2 Å². The van der Waals surface area contributed by atoms with Crippen molar-refractivity contribution in [3.05, 3.63) is 64.1 Å². The second-order valence-corrected chi connectivity index (χ2v) is 7.93. The van der Waals surface area contributed by atoms with E-state index in [1.807, 2.05) is 39.0 Å². The molecule has 162 valence electrons. The van der Waals surface area contributed by atoms with Gasteiger partial charge in [0.15, 0.2) is 6.61 Å². The molecule has 5 nitrogen and oxygen atoms in total. The fourth-order valence-corrected chi connectivity index (χ4v) is 3.26. The second kappa shape index (κ2) is 11.8. The zero-order valence-electron chi connectivity index (χ0n) is 17.5. The van der Waals surface area contributed by atoms with Gasteiger partial charge in [0.25, 0.3) is 5.91 Å². The van der Waals surface area contributed by atoms with Gasteiger partial charge in [0.1, 0.15) is 11.8 Å². The van der Waals surface area contributed by atoms with E-state index in [1.165, 1.54) is 0 Å². The van der Waals surface area contributed by atoms with Crippen LogP contribution in [0.15, 0.2) is 48.5 Å². The van der Waals surface area contributed by atoms with E-state index in [9.17, 15) is 9.59 Å². The van der Waals surface area contributed by atoms with Crippen molar-refractivity contribution >= 4 is 35.0 Å². The summed E-state index contributed by atoms with van der Waals surface area (Å²) in [5, 5.41) is 3.81. The largest absolute Gasteiger partial charge is 0.484 e. The van der Waals surface area contributed by atoms with Crippen LogP contribution in [0.3, 0.4) is 0 Å². The molecule has 1 N–H and O–H groups in total. The number of benzene rings is 2. The summed E-state index contributed by atoms with van der Waals surface area (Å²) >= 11 is 12.2. The Balaban J connectivity index is 2.23. The molecule has 0 aliphatic carbocycles. The molecule has 0 spiro atoms. The molecule has 2 rings (SSSR count). The Morgan fingerprint density at radius 3 is 2.33 bits per heavy atom. The minimum Gasteiger partial charge on any atom is -0.484 e.